The summed E-state index contributed by atoms with van der Waals surface area (Å²) in [6.07, 6.45) is 1.32. The maximum absolute atomic E-state index is 13.2. The molecule has 1 aliphatic heterocycles. The maximum atomic E-state index is 13.2. The number of carbonyl (C=O) groups excluding carboxylic acids is 4. The van der Waals surface area contributed by atoms with Gasteiger partial charge >= 0.3 is 5.97 Å². The molecule has 12 heteroatoms. The van der Waals surface area contributed by atoms with Gasteiger partial charge in [-0.3, -0.25) is 19.2 Å². The SMILES string of the molecule is NC(=O)CCC(NC(=O)C(Cc1ccccc1)NC(=O)C1CCCN1)C(=O)NC(CS)C(=O)O. The van der Waals surface area contributed by atoms with Crippen LogP contribution in [0.5, 0.6) is 0 Å². The molecular weight excluding hydrogens is 462 g/mol. The molecule has 4 amide bonds. The molecule has 11 nitrogen and oxygen atoms in total. The Bertz CT molecular complexity index is 878. The van der Waals surface area contributed by atoms with E-state index >= 15 is 0 Å². The van der Waals surface area contributed by atoms with Crippen molar-refractivity contribution in [1.29, 1.82) is 0 Å². The summed E-state index contributed by atoms with van der Waals surface area (Å²) in [5, 5.41) is 19.8. The number of aliphatic carboxylic acids is 1. The average molecular weight is 494 g/mol. The Balaban J connectivity index is 2.17. The van der Waals surface area contributed by atoms with E-state index in [4.69, 9.17) is 5.73 Å². The Morgan fingerprint density at radius 3 is 2.24 bits per heavy atom. The molecular formula is C22H31N5O6S. The van der Waals surface area contributed by atoms with E-state index in [2.05, 4.69) is 33.9 Å². The van der Waals surface area contributed by atoms with E-state index in [9.17, 15) is 29.1 Å². The van der Waals surface area contributed by atoms with Crippen LogP contribution in [0.4, 0.5) is 0 Å². The molecule has 0 bridgehead atoms. The lowest BCUT2D eigenvalue weighted by Gasteiger charge is -2.25. The first-order chi connectivity index (χ1) is 16.2. The van der Waals surface area contributed by atoms with E-state index in [-0.39, 0.29) is 30.9 Å². The number of nitrogens with two attached hydrogens (primary N) is 1. The maximum Gasteiger partial charge on any atom is 0.327 e. The number of hydrogen-bond donors (Lipinski definition) is 7. The third kappa shape index (κ3) is 8.67. The van der Waals surface area contributed by atoms with Crippen molar-refractivity contribution in [2.24, 2.45) is 5.73 Å². The molecule has 1 aliphatic rings. The highest BCUT2D eigenvalue weighted by molar-refractivity contribution is 7.80. The van der Waals surface area contributed by atoms with Crippen molar-refractivity contribution in [1.82, 2.24) is 21.3 Å². The van der Waals surface area contributed by atoms with Gasteiger partial charge in [0.1, 0.15) is 18.1 Å². The summed E-state index contributed by atoms with van der Waals surface area (Å²) in [5.41, 5.74) is 5.98. The lowest BCUT2D eigenvalue weighted by atomic mass is 10.0. The fourth-order valence-electron chi connectivity index (χ4n) is 3.53. The number of carbonyl (C=O) groups is 5. The minimum Gasteiger partial charge on any atom is -0.480 e. The van der Waals surface area contributed by atoms with Crippen LogP contribution < -0.4 is 27.0 Å². The van der Waals surface area contributed by atoms with Crippen molar-refractivity contribution in [3.63, 3.8) is 0 Å². The van der Waals surface area contributed by atoms with Gasteiger partial charge in [-0.25, -0.2) is 4.79 Å². The molecule has 0 spiro atoms. The Kier molecular flexibility index (Phi) is 10.8. The topological polar surface area (TPSA) is 180 Å². The molecule has 1 saturated heterocycles. The van der Waals surface area contributed by atoms with Gasteiger partial charge in [-0.2, -0.15) is 12.6 Å². The molecule has 0 saturated carbocycles. The van der Waals surface area contributed by atoms with Crippen LogP contribution in [0.15, 0.2) is 30.3 Å². The van der Waals surface area contributed by atoms with Crippen LogP contribution in [-0.2, 0) is 30.4 Å². The van der Waals surface area contributed by atoms with Crippen molar-refractivity contribution in [2.45, 2.75) is 56.3 Å². The summed E-state index contributed by atoms with van der Waals surface area (Å²) in [5.74, 6) is -3.90. The fourth-order valence-corrected chi connectivity index (χ4v) is 3.77. The second-order valence-electron chi connectivity index (χ2n) is 8.05. The van der Waals surface area contributed by atoms with Gasteiger partial charge in [0.2, 0.25) is 23.6 Å². The molecule has 1 heterocycles. The molecule has 4 unspecified atom stereocenters. The first-order valence-corrected chi connectivity index (χ1v) is 11.6. The van der Waals surface area contributed by atoms with E-state index in [1.807, 2.05) is 18.2 Å². The van der Waals surface area contributed by atoms with Gasteiger partial charge in [-0.05, 0) is 31.4 Å². The molecule has 186 valence electrons. The van der Waals surface area contributed by atoms with Crippen molar-refractivity contribution in [2.75, 3.05) is 12.3 Å². The lowest BCUT2D eigenvalue weighted by molar-refractivity contribution is -0.141. The summed E-state index contributed by atoms with van der Waals surface area (Å²) < 4.78 is 0. The zero-order valence-electron chi connectivity index (χ0n) is 18.7. The Morgan fingerprint density at radius 1 is 1.03 bits per heavy atom. The molecule has 0 radical (unpaired) electrons. The predicted octanol–water partition coefficient (Wildman–Crippen LogP) is -1.28. The van der Waals surface area contributed by atoms with Crippen LogP contribution >= 0.6 is 12.6 Å². The predicted molar refractivity (Wildman–Crippen MR) is 127 cm³/mol. The second-order valence-corrected chi connectivity index (χ2v) is 8.41. The summed E-state index contributed by atoms with van der Waals surface area (Å²) in [7, 11) is 0. The minimum atomic E-state index is -1.29. The third-order valence-corrected chi connectivity index (χ3v) is 5.77. The van der Waals surface area contributed by atoms with E-state index in [1.165, 1.54) is 0 Å². The number of nitrogens with one attached hydrogen (secondary N) is 4. The van der Waals surface area contributed by atoms with Crippen LogP contribution in [0, 0.1) is 0 Å². The number of carboxylic acid groups (broad SMARTS) is 1. The van der Waals surface area contributed by atoms with Crippen molar-refractivity contribution in [3.05, 3.63) is 35.9 Å². The number of rotatable bonds is 13. The van der Waals surface area contributed by atoms with Crippen LogP contribution in [0.25, 0.3) is 0 Å². The quantitative estimate of drug-likeness (QED) is 0.167. The Labute approximate surface area is 203 Å². The highest BCUT2D eigenvalue weighted by Crippen LogP contribution is 2.09. The highest BCUT2D eigenvalue weighted by atomic mass is 32.1. The normalized spacial score (nSPS) is 17.7. The first-order valence-electron chi connectivity index (χ1n) is 11.0. The van der Waals surface area contributed by atoms with Gasteiger partial charge in [0.05, 0.1) is 6.04 Å². The number of benzene rings is 1. The Hall–Kier alpha value is -3.12. The monoisotopic (exact) mass is 493 g/mol. The van der Waals surface area contributed by atoms with E-state index < -0.39 is 47.9 Å². The number of hydrogen-bond acceptors (Lipinski definition) is 7. The van der Waals surface area contributed by atoms with Crippen LogP contribution in [0.2, 0.25) is 0 Å². The first kappa shape index (κ1) is 27.1. The van der Waals surface area contributed by atoms with Crippen molar-refractivity contribution in [3.8, 4) is 0 Å². The molecule has 1 aromatic rings. The molecule has 0 aromatic heterocycles. The number of amides is 4. The number of carboxylic acids is 1. The number of primary amides is 1. The standard InChI is InChI=1S/C22H31N5O6S/c23-18(28)9-8-15(20(30)27-17(12-34)22(32)33)25-21(31)16(11-13-5-2-1-3-6-13)26-19(29)14-7-4-10-24-14/h1-3,5-6,14-17,24,34H,4,7-12H2,(H2,23,28)(H,25,31)(H,26,29)(H,27,30)(H,32,33). The summed E-state index contributed by atoms with van der Waals surface area (Å²) in [4.78, 5) is 61.1. The summed E-state index contributed by atoms with van der Waals surface area (Å²) in [6.45, 7) is 0.707. The van der Waals surface area contributed by atoms with Gasteiger partial charge in [0.25, 0.3) is 0 Å². The van der Waals surface area contributed by atoms with Crippen LogP contribution in [0.1, 0.15) is 31.2 Å². The van der Waals surface area contributed by atoms with Gasteiger partial charge in [0.15, 0.2) is 0 Å². The molecule has 0 aliphatic carbocycles. The van der Waals surface area contributed by atoms with Gasteiger partial charge < -0.3 is 32.1 Å². The summed E-state index contributed by atoms with van der Waals surface area (Å²) in [6, 6.07) is 5.12. The zero-order valence-corrected chi connectivity index (χ0v) is 19.6. The molecule has 1 fully saturated rings. The van der Waals surface area contributed by atoms with Gasteiger partial charge in [-0.15, -0.1) is 0 Å². The van der Waals surface area contributed by atoms with Gasteiger partial charge in [0, 0.05) is 18.6 Å². The number of thiol groups is 1. The lowest BCUT2D eigenvalue weighted by Crippen LogP contribution is -2.57. The van der Waals surface area contributed by atoms with Crippen LogP contribution in [-0.4, -0.2) is 71.2 Å². The molecule has 2 rings (SSSR count). The van der Waals surface area contributed by atoms with E-state index in [0.717, 1.165) is 12.0 Å². The smallest absolute Gasteiger partial charge is 0.327 e. The summed E-state index contributed by atoms with van der Waals surface area (Å²) >= 11 is 3.91. The van der Waals surface area contributed by atoms with Gasteiger partial charge in [-0.1, -0.05) is 30.3 Å². The zero-order chi connectivity index (χ0) is 25.1. The molecule has 4 atom stereocenters. The second kappa shape index (κ2) is 13.6. The fraction of sp³-hybridized carbons (Fsp3) is 0.500. The van der Waals surface area contributed by atoms with Crippen molar-refractivity contribution >= 4 is 42.2 Å². The molecule has 1 aromatic carbocycles. The third-order valence-electron chi connectivity index (χ3n) is 5.40. The van der Waals surface area contributed by atoms with E-state index in [1.54, 1.807) is 12.1 Å². The molecule has 34 heavy (non-hydrogen) atoms. The van der Waals surface area contributed by atoms with E-state index in [0.29, 0.717) is 13.0 Å². The minimum absolute atomic E-state index is 0.137. The Morgan fingerprint density at radius 2 is 1.68 bits per heavy atom. The largest absolute Gasteiger partial charge is 0.480 e. The molecule has 7 N–H and O–H groups in total. The highest BCUT2D eigenvalue weighted by Gasteiger charge is 2.31. The van der Waals surface area contributed by atoms with Crippen LogP contribution in [0.3, 0.4) is 0 Å². The average Bonchev–Trinajstić information content (AvgIpc) is 3.35. The van der Waals surface area contributed by atoms with Crippen molar-refractivity contribution < 1.29 is 29.1 Å².